The lowest BCUT2D eigenvalue weighted by Gasteiger charge is -2.20. The molecule has 1 N–H and O–H groups in total. The Labute approximate surface area is 121 Å². The molecule has 0 aliphatic heterocycles. The van der Waals surface area contributed by atoms with Crippen molar-refractivity contribution >= 4 is 0 Å². The van der Waals surface area contributed by atoms with Crippen LogP contribution in [0.3, 0.4) is 0 Å². The zero-order valence-electron chi connectivity index (χ0n) is 12.5. The molecule has 0 radical (unpaired) electrons. The summed E-state index contributed by atoms with van der Waals surface area (Å²) in [5.74, 6) is 2.78. The summed E-state index contributed by atoms with van der Waals surface area (Å²) in [7, 11) is 0. The Kier molecular flexibility index (Phi) is 5.24. The van der Waals surface area contributed by atoms with E-state index >= 15 is 0 Å². The molecule has 2 rings (SSSR count). The summed E-state index contributed by atoms with van der Waals surface area (Å²) in [4.78, 5) is 0. The zero-order valence-corrected chi connectivity index (χ0v) is 12.5. The van der Waals surface area contributed by atoms with E-state index in [0.717, 1.165) is 35.8 Å². The number of hydrogen-bond donors (Lipinski definition) is 1. The molecule has 0 spiro atoms. The van der Waals surface area contributed by atoms with E-state index in [1.54, 1.807) is 0 Å². The summed E-state index contributed by atoms with van der Waals surface area (Å²) in [6, 6.07) is 12.2. The fourth-order valence-corrected chi connectivity index (χ4v) is 2.27. The van der Waals surface area contributed by atoms with Gasteiger partial charge in [-0.15, -0.1) is 0 Å². The van der Waals surface area contributed by atoms with Crippen LogP contribution in [0.25, 0.3) is 0 Å². The first-order valence-electron chi connectivity index (χ1n) is 7.27. The molecule has 0 saturated carbocycles. The molecule has 1 heterocycles. The van der Waals surface area contributed by atoms with Gasteiger partial charge >= 0.3 is 0 Å². The van der Waals surface area contributed by atoms with Crippen molar-refractivity contribution in [2.75, 3.05) is 13.2 Å². The standard InChI is InChI=1S/C17H23NO2/c1-4-12-18-17(16-11-10-13(3)20-16)14-8-6-7-9-15(14)19-5-2/h6-11,17-18H,4-5,12H2,1-3H3. The number of hydrogen-bond acceptors (Lipinski definition) is 3. The van der Waals surface area contributed by atoms with Gasteiger partial charge in [0.1, 0.15) is 17.3 Å². The molecule has 20 heavy (non-hydrogen) atoms. The highest BCUT2D eigenvalue weighted by molar-refractivity contribution is 5.39. The quantitative estimate of drug-likeness (QED) is 0.825. The van der Waals surface area contributed by atoms with Crippen molar-refractivity contribution in [2.45, 2.75) is 33.2 Å². The van der Waals surface area contributed by atoms with E-state index in [1.165, 1.54) is 0 Å². The van der Waals surface area contributed by atoms with Crippen molar-refractivity contribution in [1.29, 1.82) is 0 Å². The molecular weight excluding hydrogens is 250 g/mol. The van der Waals surface area contributed by atoms with Crippen LogP contribution in [0.4, 0.5) is 0 Å². The second-order valence-electron chi connectivity index (χ2n) is 4.81. The van der Waals surface area contributed by atoms with E-state index in [2.05, 4.69) is 18.3 Å². The van der Waals surface area contributed by atoms with Crippen LogP contribution in [-0.4, -0.2) is 13.2 Å². The largest absolute Gasteiger partial charge is 0.494 e. The maximum Gasteiger partial charge on any atom is 0.125 e. The second kappa shape index (κ2) is 7.15. The summed E-state index contributed by atoms with van der Waals surface area (Å²) in [6.45, 7) is 7.72. The highest BCUT2D eigenvalue weighted by atomic mass is 16.5. The second-order valence-corrected chi connectivity index (χ2v) is 4.81. The van der Waals surface area contributed by atoms with E-state index < -0.39 is 0 Å². The summed E-state index contributed by atoms with van der Waals surface area (Å²) in [6.07, 6.45) is 1.08. The van der Waals surface area contributed by atoms with E-state index in [0.29, 0.717) is 6.61 Å². The van der Waals surface area contributed by atoms with Crippen molar-refractivity contribution < 1.29 is 9.15 Å². The van der Waals surface area contributed by atoms with E-state index in [4.69, 9.17) is 9.15 Å². The van der Waals surface area contributed by atoms with Crippen molar-refractivity contribution in [1.82, 2.24) is 5.32 Å². The molecule has 1 aromatic heterocycles. The molecule has 1 atom stereocenters. The molecule has 0 aliphatic rings. The minimum absolute atomic E-state index is 0.0337. The van der Waals surface area contributed by atoms with Gasteiger partial charge in [-0.3, -0.25) is 0 Å². The maximum atomic E-state index is 5.81. The topological polar surface area (TPSA) is 34.4 Å². The van der Waals surface area contributed by atoms with Gasteiger partial charge in [0.25, 0.3) is 0 Å². The SMILES string of the molecule is CCCNC(c1ccc(C)o1)c1ccccc1OCC. The lowest BCUT2D eigenvalue weighted by atomic mass is 10.0. The molecule has 3 nitrogen and oxygen atoms in total. The first kappa shape index (κ1) is 14.7. The third-order valence-electron chi connectivity index (χ3n) is 3.17. The number of aryl methyl sites for hydroxylation is 1. The summed E-state index contributed by atoms with van der Waals surface area (Å²) in [5, 5.41) is 3.54. The molecular formula is C17H23NO2. The Morgan fingerprint density at radius 3 is 2.60 bits per heavy atom. The Bertz CT molecular complexity index is 533. The van der Waals surface area contributed by atoms with Crippen molar-refractivity contribution in [3.63, 3.8) is 0 Å². The molecule has 0 saturated heterocycles. The number of ether oxygens (including phenoxy) is 1. The fraction of sp³-hybridized carbons (Fsp3) is 0.412. The zero-order chi connectivity index (χ0) is 14.4. The Morgan fingerprint density at radius 2 is 1.95 bits per heavy atom. The molecule has 0 amide bonds. The van der Waals surface area contributed by atoms with Crippen LogP contribution in [-0.2, 0) is 0 Å². The third-order valence-corrected chi connectivity index (χ3v) is 3.17. The maximum absolute atomic E-state index is 5.81. The van der Waals surface area contributed by atoms with Crippen LogP contribution in [0.2, 0.25) is 0 Å². The monoisotopic (exact) mass is 273 g/mol. The summed E-state index contributed by atoms with van der Waals surface area (Å²) in [5.41, 5.74) is 1.12. The number of benzene rings is 1. The Morgan fingerprint density at radius 1 is 1.15 bits per heavy atom. The van der Waals surface area contributed by atoms with E-state index in [1.807, 2.05) is 44.2 Å². The van der Waals surface area contributed by atoms with Gasteiger partial charge in [0.15, 0.2) is 0 Å². The van der Waals surface area contributed by atoms with E-state index in [9.17, 15) is 0 Å². The Balaban J connectivity index is 2.35. The van der Waals surface area contributed by atoms with Crippen molar-refractivity contribution in [3.8, 4) is 5.75 Å². The fourth-order valence-electron chi connectivity index (χ4n) is 2.27. The molecule has 0 bridgehead atoms. The van der Waals surface area contributed by atoms with Gasteiger partial charge in [0.2, 0.25) is 0 Å². The van der Waals surface area contributed by atoms with Crippen LogP contribution < -0.4 is 10.1 Å². The van der Waals surface area contributed by atoms with Gasteiger partial charge in [-0.25, -0.2) is 0 Å². The smallest absolute Gasteiger partial charge is 0.125 e. The summed E-state index contributed by atoms with van der Waals surface area (Å²) >= 11 is 0. The highest BCUT2D eigenvalue weighted by Gasteiger charge is 2.20. The minimum atomic E-state index is 0.0337. The van der Waals surface area contributed by atoms with Crippen LogP contribution in [0.5, 0.6) is 5.75 Å². The predicted molar refractivity (Wildman–Crippen MR) is 81.2 cm³/mol. The first-order valence-corrected chi connectivity index (χ1v) is 7.27. The molecule has 3 heteroatoms. The minimum Gasteiger partial charge on any atom is -0.494 e. The average Bonchev–Trinajstić information content (AvgIpc) is 2.88. The normalized spacial score (nSPS) is 12.3. The molecule has 108 valence electrons. The lowest BCUT2D eigenvalue weighted by molar-refractivity contribution is 0.330. The van der Waals surface area contributed by atoms with Gasteiger partial charge in [-0.2, -0.15) is 0 Å². The van der Waals surface area contributed by atoms with Crippen molar-refractivity contribution in [3.05, 3.63) is 53.5 Å². The van der Waals surface area contributed by atoms with Crippen LogP contribution in [0.1, 0.15) is 43.4 Å². The summed E-state index contributed by atoms with van der Waals surface area (Å²) < 4.78 is 11.6. The van der Waals surface area contributed by atoms with Gasteiger partial charge in [0, 0.05) is 5.56 Å². The Hall–Kier alpha value is -1.74. The van der Waals surface area contributed by atoms with Gasteiger partial charge < -0.3 is 14.5 Å². The third kappa shape index (κ3) is 3.42. The number of para-hydroxylation sites is 1. The average molecular weight is 273 g/mol. The van der Waals surface area contributed by atoms with Gasteiger partial charge in [0.05, 0.1) is 12.6 Å². The van der Waals surface area contributed by atoms with E-state index in [-0.39, 0.29) is 6.04 Å². The van der Waals surface area contributed by atoms with Crippen LogP contribution in [0.15, 0.2) is 40.8 Å². The molecule has 1 aromatic carbocycles. The number of nitrogens with one attached hydrogen (secondary N) is 1. The molecule has 0 fully saturated rings. The highest BCUT2D eigenvalue weighted by Crippen LogP contribution is 2.31. The molecule has 1 unspecified atom stereocenters. The molecule has 2 aromatic rings. The lowest BCUT2D eigenvalue weighted by Crippen LogP contribution is -2.23. The van der Waals surface area contributed by atoms with Gasteiger partial charge in [-0.1, -0.05) is 25.1 Å². The predicted octanol–water partition coefficient (Wildman–Crippen LogP) is 4.08. The number of furan rings is 1. The molecule has 0 aliphatic carbocycles. The van der Waals surface area contributed by atoms with Crippen LogP contribution >= 0.6 is 0 Å². The van der Waals surface area contributed by atoms with Crippen LogP contribution in [0, 0.1) is 6.92 Å². The van der Waals surface area contributed by atoms with Crippen molar-refractivity contribution in [2.24, 2.45) is 0 Å². The first-order chi connectivity index (χ1) is 9.76. The number of rotatable bonds is 7. The van der Waals surface area contributed by atoms with Gasteiger partial charge in [-0.05, 0) is 45.0 Å².